The number of nitrogens with zero attached hydrogens (tertiary/aromatic N) is 1. The van der Waals surface area contributed by atoms with E-state index < -0.39 is 0 Å². The number of ether oxygens (including phenoxy) is 2. The van der Waals surface area contributed by atoms with Crippen LogP contribution in [0.3, 0.4) is 0 Å². The first-order chi connectivity index (χ1) is 13.8. The number of benzene rings is 2. The second-order valence-corrected chi connectivity index (χ2v) is 6.36. The van der Waals surface area contributed by atoms with E-state index in [0.717, 1.165) is 23.3 Å². The summed E-state index contributed by atoms with van der Waals surface area (Å²) in [6.45, 7) is 1.54. The lowest BCUT2D eigenvalue weighted by molar-refractivity contribution is -0.125. The summed E-state index contributed by atoms with van der Waals surface area (Å²) >= 11 is 0. The number of hydrogen-bond acceptors (Lipinski definition) is 4. The van der Waals surface area contributed by atoms with Crippen LogP contribution in [0.1, 0.15) is 16.7 Å². The number of carbonyl (C=O) groups is 1. The fraction of sp³-hybridized carbons (Fsp3) is 0.217. The Morgan fingerprint density at radius 3 is 2.43 bits per heavy atom. The first-order valence-electron chi connectivity index (χ1n) is 9.28. The zero-order valence-corrected chi connectivity index (χ0v) is 15.7. The number of carbonyl (C=O) groups excluding carboxylic acids is 1. The van der Waals surface area contributed by atoms with Crippen molar-refractivity contribution in [1.29, 1.82) is 0 Å². The number of amides is 1. The third-order valence-corrected chi connectivity index (χ3v) is 4.15. The molecule has 0 fully saturated rings. The molecule has 1 aromatic heterocycles. The molecule has 0 unspecified atom stereocenters. The summed E-state index contributed by atoms with van der Waals surface area (Å²) < 4.78 is 11.2. The van der Waals surface area contributed by atoms with Crippen LogP contribution in [0.4, 0.5) is 0 Å². The lowest BCUT2D eigenvalue weighted by atomic mass is 10.2. The van der Waals surface area contributed by atoms with Crippen molar-refractivity contribution in [1.82, 2.24) is 10.3 Å². The van der Waals surface area contributed by atoms with E-state index in [-0.39, 0.29) is 12.5 Å². The highest BCUT2D eigenvalue weighted by atomic mass is 16.5. The van der Waals surface area contributed by atoms with Crippen LogP contribution in [0.5, 0.6) is 5.75 Å². The predicted molar refractivity (Wildman–Crippen MR) is 108 cm³/mol. The Hall–Kier alpha value is -3.18. The van der Waals surface area contributed by atoms with Gasteiger partial charge in [-0.15, -0.1) is 0 Å². The molecule has 2 aromatic carbocycles. The van der Waals surface area contributed by atoms with E-state index in [2.05, 4.69) is 10.3 Å². The van der Waals surface area contributed by atoms with Gasteiger partial charge >= 0.3 is 0 Å². The Balaban J connectivity index is 1.32. The van der Waals surface area contributed by atoms with Gasteiger partial charge in [-0.2, -0.15) is 0 Å². The van der Waals surface area contributed by atoms with Gasteiger partial charge in [-0.05, 0) is 35.7 Å². The third-order valence-electron chi connectivity index (χ3n) is 4.15. The first kappa shape index (κ1) is 19.6. The van der Waals surface area contributed by atoms with E-state index in [4.69, 9.17) is 9.47 Å². The van der Waals surface area contributed by atoms with Crippen molar-refractivity contribution in [3.63, 3.8) is 0 Å². The Kier molecular flexibility index (Phi) is 7.58. The molecule has 1 amide bonds. The molecule has 0 saturated heterocycles. The molecule has 0 bridgehead atoms. The molecule has 5 nitrogen and oxygen atoms in total. The minimum Gasteiger partial charge on any atom is -0.489 e. The zero-order valence-electron chi connectivity index (χ0n) is 15.7. The second-order valence-electron chi connectivity index (χ2n) is 6.36. The van der Waals surface area contributed by atoms with Crippen LogP contribution in [-0.4, -0.2) is 24.1 Å². The van der Waals surface area contributed by atoms with Crippen molar-refractivity contribution >= 4 is 5.91 Å². The summed E-state index contributed by atoms with van der Waals surface area (Å²) in [7, 11) is 0. The predicted octanol–water partition coefficient (Wildman–Crippen LogP) is 3.54. The highest BCUT2D eigenvalue weighted by Crippen LogP contribution is 2.14. The van der Waals surface area contributed by atoms with Gasteiger partial charge in [0.1, 0.15) is 19.0 Å². The van der Waals surface area contributed by atoms with E-state index >= 15 is 0 Å². The van der Waals surface area contributed by atoms with E-state index in [1.54, 1.807) is 12.4 Å². The van der Waals surface area contributed by atoms with Crippen LogP contribution in [0.2, 0.25) is 0 Å². The smallest absolute Gasteiger partial charge is 0.246 e. The molecule has 1 heterocycles. The fourth-order valence-corrected chi connectivity index (χ4v) is 2.60. The quantitative estimate of drug-likeness (QED) is 0.550. The van der Waals surface area contributed by atoms with Crippen molar-refractivity contribution in [3.8, 4) is 5.75 Å². The summed E-state index contributed by atoms with van der Waals surface area (Å²) in [6, 6.07) is 21.6. The Bertz CT molecular complexity index is 837. The van der Waals surface area contributed by atoms with Gasteiger partial charge in [0.25, 0.3) is 0 Å². The van der Waals surface area contributed by atoms with Crippen molar-refractivity contribution in [2.24, 2.45) is 0 Å². The van der Waals surface area contributed by atoms with Crippen LogP contribution in [0.15, 0.2) is 79.1 Å². The van der Waals surface area contributed by atoms with Crippen molar-refractivity contribution in [3.05, 3.63) is 95.8 Å². The highest BCUT2D eigenvalue weighted by molar-refractivity contribution is 5.77. The fourth-order valence-electron chi connectivity index (χ4n) is 2.60. The van der Waals surface area contributed by atoms with E-state index in [1.165, 1.54) is 5.56 Å². The van der Waals surface area contributed by atoms with Crippen LogP contribution in [0, 0.1) is 0 Å². The summed E-state index contributed by atoms with van der Waals surface area (Å²) in [5, 5.41) is 2.86. The highest BCUT2D eigenvalue weighted by Gasteiger charge is 2.03. The van der Waals surface area contributed by atoms with Gasteiger partial charge in [0.2, 0.25) is 5.91 Å². The molecule has 5 heteroatoms. The molecule has 0 saturated carbocycles. The maximum atomic E-state index is 11.9. The summed E-state index contributed by atoms with van der Waals surface area (Å²) in [4.78, 5) is 16.0. The normalized spacial score (nSPS) is 10.4. The molecule has 144 valence electrons. The third kappa shape index (κ3) is 6.85. The number of hydrogen-bond donors (Lipinski definition) is 1. The monoisotopic (exact) mass is 376 g/mol. The molecule has 28 heavy (non-hydrogen) atoms. The van der Waals surface area contributed by atoms with Gasteiger partial charge in [-0.25, -0.2) is 0 Å². The molecular formula is C23H24N2O3. The zero-order chi connectivity index (χ0) is 19.4. The van der Waals surface area contributed by atoms with Crippen LogP contribution >= 0.6 is 0 Å². The van der Waals surface area contributed by atoms with Crippen LogP contribution < -0.4 is 10.1 Å². The second kappa shape index (κ2) is 10.8. The van der Waals surface area contributed by atoms with Gasteiger partial charge in [-0.3, -0.25) is 9.78 Å². The topological polar surface area (TPSA) is 60.5 Å². The van der Waals surface area contributed by atoms with Gasteiger partial charge in [0, 0.05) is 24.5 Å². The van der Waals surface area contributed by atoms with Crippen molar-refractivity contribution in [2.75, 3.05) is 13.2 Å². The molecule has 0 aliphatic rings. The van der Waals surface area contributed by atoms with E-state index in [0.29, 0.717) is 19.8 Å². The van der Waals surface area contributed by atoms with Crippen LogP contribution in [0.25, 0.3) is 0 Å². The Labute approximate surface area is 165 Å². The van der Waals surface area contributed by atoms with Crippen LogP contribution in [-0.2, 0) is 29.1 Å². The average Bonchev–Trinajstić information content (AvgIpc) is 2.76. The molecule has 0 aliphatic carbocycles. The van der Waals surface area contributed by atoms with E-state index in [1.807, 2.05) is 66.7 Å². The average molecular weight is 376 g/mol. The molecular weight excluding hydrogens is 352 g/mol. The maximum Gasteiger partial charge on any atom is 0.246 e. The van der Waals surface area contributed by atoms with Crippen molar-refractivity contribution < 1.29 is 14.3 Å². The molecule has 0 spiro atoms. The van der Waals surface area contributed by atoms with Gasteiger partial charge < -0.3 is 14.8 Å². The van der Waals surface area contributed by atoms with Crippen molar-refractivity contribution in [2.45, 2.75) is 19.6 Å². The van der Waals surface area contributed by atoms with Gasteiger partial charge in [-0.1, -0.05) is 48.5 Å². The minimum absolute atomic E-state index is 0.0686. The van der Waals surface area contributed by atoms with Gasteiger partial charge in [0.05, 0.1) is 6.61 Å². The largest absolute Gasteiger partial charge is 0.489 e. The first-order valence-corrected chi connectivity index (χ1v) is 9.28. The lowest BCUT2D eigenvalue weighted by Gasteiger charge is -2.09. The molecule has 0 radical (unpaired) electrons. The Morgan fingerprint density at radius 1 is 0.893 bits per heavy atom. The summed E-state index contributed by atoms with van der Waals surface area (Å²) in [5.74, 6) is 0.660. The summed E-state index contributed by atoms with van der Waals surface area (Å²) in [6.07, 6.45) is 4.32. The SMILES string of the molecule is O=C(COCCc1ccccc1)NCc1ccc(OCc2cccnc2)cc1. The molecule has 3 rings (SSSR count). The lowest BCUT2D eigenvalue weighted by Crippen LogP contribution is -2.27. The number of rotatable bonds is 10. The molecule has 0 atom stereocenters. The molecule has 3 aromatic rings. The molecule has 1 N–H and O–H groups in total. The maximum absolute atomic E-state index is 11.9. The van der Waals surface area contributed by atoms with E-state index in [9.17, 15) is 4.79 Å². The number of nitrogens with one attached hydrogen (secondary N) is 1. The Morgan fingerprint density at radius 2 is 1.68 bits per heavy atom. The standard InChI is InChI=1S/C23H24N2O3/c26-23(18-27-14-12-19-5-2-1-3-6-19)25-16-20-8-10-22(11-9-20)28-17-21-7-4-13-24-15-21/h1-11,13,15H,12,14,16-18H2,(H,25,26). The summed E-state index contributed by atoms with van der Waals surface area (Å²) in [5.41, 5.74) is 3.23. The number of aromatic nitrogens is 1. The molecule has 0 aliphatic heterocycles. The van der Waals surface area contributed by atoms with Gasteiger partial charge in [0.15, 0.2) is 0 Å². The number of pyridine rings is 1. The minimum atomic E-state index is -0.120.